The predicted octanol–water partition coefficient (Wildman–Crippen LogP) is 3.39. The van der Waals surface area contributed by atoms with Crippen molar-refractivity contribution in [2.45, 2.75) is 26.4 Å². The zero-order valence-corrected chi connectivity index (χ0v) is 10.1. The highest BCUT2D eigenvalue weighted by Crippen LogP contribution is 2.25. The second-order valence-corrected chi connectivity index (χ2v) is 4.20. The van der Waals surface area contributed by atoms with E-state index in [1.807, 2.05) is 23.0 Å². The average molecular weight is 267 g/mol. The Morgan fingerprint density at radius 2 is 2.46 bits per heavy atom. The van der Waals surface area contributed by atoms with Gasteiger partial charge in [-0.1, -0.05) is 24.6 Å². The van der Waals surface area contributed by atoms with E-state index in [9.17, 15) is 0 Å². The Bertz CT molecular complexity index is 240. The standard InChI is InChI=1S/C9H13BrClNO/c1-3-7(2)13-9-8(11)5-4-6-12(9)10/h4-5,7H,3,6H2,1-2H3. The fourth-order valence-corrected chi connectivity index (χ4v) is 1.69. The summed E-state index contributed by atoms with van der Waals surface area (Å²) in [6, 6.07) is 0. The normalized spacial score (nSPS) is 19.2. The summed E-state index contributed by atoms with van der Waals surface area (Å²) in [4.78, 5) is 0. The summed E-state index contributed by atoms with van der Waals surface area (Å²) in [6.07, 6.45) is 4.99. The van der Waals surface area contributed by atoms with Crippen molar-refractivity contribution in [1.29, 1.82) is 0 Å². The van der Waals surface area contributed by atoms with Gasteiger partial charge in [0, 0.05) is 0 Å². The Hall–Kier alpha value is -0.150. The highest BCUT2D eigenvalue weighted by atomic mass is 79.9. The maximum atomic E-state index is 5.97. The maximum absolute atomic E-state index is 5.97. The van der Waals surface area contributed by atoms with Crippen molar-refractivity contribution in [1.82, 2.24) is 3.93 Å². The Morgan fingerprint density at radius 1 is 1.77 bits per heavy atom. The lowest BCUT2D eigenvalue weighted by Crippen LogP contribution is -2.21. The summed E-state index contributed by atoms with van der Waals surface area (Å²) < 4.78 is 7.46. The van der Waals surface area contributed by atoms with E-state index >= 15 is 0 Å². The first-order chi connectivity index (χ1) is 6.15. The molecule has 1 heterocycles. The van der Waals surface area contributed by atoms with Gasteiger partial charge in [0.1, 0.15) is 5.03 Å². The first-order valence-electron chi connectivity index (χ1n) is 4.31. The van der Waals surface area contributed by atoms with Crippen LogP contribution in [0.25, 0.3) is 0 Å². The number of hydrogen-bond donors (Lipinski definition) is 0. The molecular formula is C9H13BrClNO. The molecule has 74 valence electrons. The molecule has 1 rings (SSSR count). The highest BCUT2D eigenvalue weighted by molar-refractivity contribution is 9.07. The van der Waals surface area contributed by atoms with Gasteiger partial charge in [0.2, 0.25) is 5.88 Å². The van der Waals surface area contributed by atoms with Crippen LogP contribution in [0.4, 0.5) is 0 Å². The van der Waals surface area contributed by atoms with Crippen molar-refractivity contribution in [3.8, 4) is 0 Å². The van der Waals surface area contributed by atoms with Gasteiger partial charge in [-0.25, -0.2) is 0 Å². The Labute approximate surface area is 92.5 Å². The van der Waals surface area contributed by atoms with Gasteiger partial charge in [-0.05, 0) is 19.4 Å². The van der Waals surface area contributed by atoms with Crippen molar-refractivity contribution in [2.75, 3.05) is 6.54 Å². The predicted molar refractivity (Wildman–Crippen MR) is 58.5 cm³/mol. The molecule has 0 amide bonds. The lowest BCUT2D eigenvalue weighted by atomic mass is 10.3. The summed E-state index contributed by atoms with van der Waals surface area (Å²) >= 11 is 9.34. The van der Waals surface area contributed by atoms with Crippen LogP contribution in [0.5, 0.6) is 0 Å². The Balaban J connectivity index is 2.69. The molecule has 0 fully saturated rings. The summed E-state index contributed by atoms with van der Waals surface area (Å²) in [6.45, 7) is 4.88. The summed E-state index contributed by atoms with van der Waals surface area (Å²) in [5.41, 5.74) is 0. The minimum atomic E-state index is 0.190. The lowest BCUT2D eigenvalue weighted by molar-refractivity contribution is 0.0921. The number of rotatable bonds is 3. The Morgan fingerprint density at radius 3 is 3.00 bits per heavy atom. The fraction of sp³-hybridized carbons (Fsp3) is 0.556. The van der Waals surface area contributed by atoms with Crippen molar-refractivity contribution < 1.29 is 4.74 Å². The molecule has 0 saturated heterocycles. The van der Waals surface area contributed by atoms with Gasteiger partial charge in [0.15, 0.2) is 0 Å². The number of allylic oxidation sites excluding steroid dienone is 2. The number of nitrogens with zero attached hydrogens (tertiary/aromatic N) is 1. The van der Waals surface area contributed by atoms with Crippen LogP contribution in [-0.2, 0) is 4.74 Å². The van der Waals surface area contributed by atoms with Crippen LogP contribution >= 0.6 is 27.7 Å². The molecule has 1 aliphatic heterocycles. The van der Waals surface area contributed by atoms with E-state index in [0.29, 0.717) is 10.9 Å². The molecule has 0 aliphatic carbocycles. The first-order valence-corrected chi connectivity index (χ1v) is 5.40. The first kappa shape index (κ1) is 10.9. The summed E-state index contributed by atoms with van der Waals surface area (Å²) in [5.74, 6) is 0.707. The molecule has 0 spiro atoms. The minimum Gasteiger partial charge on any atom is -0.474 e. The van der Waals surface area contributed by atoms with Gasteiger partial charge in [-0.3, -0.25) is 3.93 Å². The maximum Gasteiger partial charge on any atom is 0.219 e. The van der Waals surface area contributed by atoms with Crippen molar-refractivity contribution in [3.63, 3.8) is 0 Å². The highest BCUT2D eigenvalue weighted by Gasteiger charge is 2.16. The molecule has 0 saturated carbocycles. The van der Waals surface area contributed by atoms with Crippen LogP contribution < -0.4 is 0 Å². The molecule has 0 aromatic heterocycles. The second-order valence-electron chi connectivity index (χ2n) is 2.94. The van der Waals surface area contributed by atoms with Crippen molar-refractivity contribution in [2.24, 2.45) is 0 Å². The molecule has 1 atom stereocenters. The fourth-order valence-electron chi connectivity index (χ4n) is 0.906. The van der Waals surface area contributed by atoms with E-state index in [4.69, 9.17) is 16.3 Å². The molecule has 2 nitrogen and oxygen atoms in total. The van der Waals surface area contributed by atoms with Crippen LogP contribution in [0.15, 0.2) is 23.1 Å². The van der Waals surface area contributed by atoms with Gasteiger partial charge in [-0.2, -0.15) is 0 Å². The third kappa shape index (κ3) is 2.92. The third-order valence-electron chi connectivity index (χ3n) is 1.84. The van der Waals surface area contributed by atoms with Crippen LogP contribution in [-0.4, -0.2) is 16.6 Å². The average Bonchev–Trinajstić information content (AvgIpc) is 2.11. The SMILES string of the molecule is CCC(C)OC1=C(Cl)C=CCN1Br. The molecule has 0 radical (unpaired) electrons. The molecule has 0 N–H and O–H groups in total. The van der Waals surface area contributed by atoms with Crippen LogP contribution in [0.3, 0.4) is 0 Å². The quantitative estimate of drug-likeness (QED) is 0.726. The van der Waals surface area contributed by atoms with Crippen LogP contribution in [0.2, 0.25) is 0 Å². The van der Waals surface area contributed by atoms with Gasteiger partial charge in [-0.15, -0.1) is 0 Å². The van der Waals surface area contributed by atoms with Gasteiger partial charge >= 0.3 is 0 Å². The molecule has 0 bridgehead atoms. The van der Waals surface area contributed by atoms with E-state index in [-0.39, 0.29) is 6.10 Å². The molecule has 1 unspecified atom stereocenters. The number of hydrogen-bond acceptors (Lipinski definition) is 2. The summed E-state index contributed by atoms with van der Waals surface area (Å²) in [5, 5.41) is 0.642. The molecule has 4 heteroatoms. The van der Waals surface area contributed by atoms with Crippen LogP contribution in [0.1, 0.15) is 20.3 Å². The number of ether oxygens (including phenoxy) is 1. The van der Waals surface area contributed by atoms with Crippen molar-refractivity contribution in [3.05, 3.63) is 23.1 Å². The topological polar surface area (TPSA) is 12.5 Å². The lowest BCUT2D eigenvalue weighted by Gasteiger charge is -2.25. The van der Waals surface area contributed by atoms with Gasteiger partial charge in [0.05, 0.1) is 28.8 Å². The molecule has 13 heavy (non-hydrogen) atoms. The van der Waals surface area contributed by atoms with Crippen LogP contribution in [0, 0.1) is 0 Å². The molecule has 1 aliphatic rings. The monoisotopic (exact) mass is 265 g/mol. The van der Waals surface area contributed by atoms with E-state index in [1.54, 1.807) is 0 Å². The second kappa shape index (κ2) is 4.91. The van der Waals surface area contributed by atoms with E-state index < -0.39 is 0 Å². The molecular weight excluding hydrogens is 253 g/mol. The molecule has 0 aromatic rings. The van der Waals surface area contributed by atoms with Gasteiger partial charge in [0.25, 0.3) is 0 Å². The molecule has 0 aromatic carbocycles. The largest absolute Gasteiger partial charge is 0.474 e. The smallest absolute Gasteiger partial charge is 0.219 e. The number of halogens is 2. The Kier molecular flexibility index (Phi) is 4.13. The zero-order valence-electron chi connectivity index (χ0n) is 7.76. The summed E-state index contributed by atoms with van der Waals surface area (Å²) in [7, 11) is 0. The van der Waals surface area contributed by atoms with Gasteiger partial charge < -0.3 is 4.74 Å². The zero-order chi connectivity index (χ0) is 9.84. The minimum absolute atomic E-state index is 0.190. The third-order valence-corrected chi connectivity index (χ3v) is 2.74. The van der Waals surface area contributed by atoms with Crippen molar-refractivity contribution >= 4 is 27.7 Å². The van der Waals surface area contributed by atoms with E-state index in [0.717, 1.165) is 13.0 Å². The van der Waals surface area contributed by atoms with E-state index in [1.165, 1.54) is 0 Å². The van der Waals surface area contributed by atoms with E-state index in [2.05, 4.69) is 23.1 Å².